The van der Waals surface area contributed by atoms with Crippen molar-refractivity contribution in [2.75, 3.05) is 0 Å². The summed E-state index contributed by atoms with van der Waals surface area (Å²) < 4.78 is 6.33. The predicted octanol–water partition coefficient (Wildman–Crippen LogP) is 1.27. The molecule has 0 amide bonds. The van der Waals surface area contributed by atoms with E-state index in [-0.39, 0.29) is 5.69 Å². The summed E-state index contributed by atoms with van der Waals surface area (Å²) in [7, 11) is 0. The van der Waals surface area contributed by atoms with Crippen LogP contribution in [0, 0.1) is 0 Å². The number of aromatic nitrogens is 3. The van der Waals surface area contributed by atoms with E-state index in [1.54, 1.807) is 6.20 Å². The maximum Gasteiger partial charge on any atom is 0.358 e. The van der Waals surface area contributed by atoms with Crippen molar-refractivity contribution in [3.05, 3.63) is 34.9 Å². The first-order chi connectivity index (χ1) is 7.15. The van der Waals surface area contributed by atoms with Gasteiger partial charge in [-0.2, -0.15) is 5.10 Å². The number of nitrogens with zero attached hydrogens (tertiary/aromatic N) is 3. The lowest BCUT2D eigenvalue weighted by Crippen LogP contribution is -1.98. The number of hydrogen-bond acceptors (Lipinski definition) is 4. The fourth-order valence-electron chi connectivity index (χ4n) is 1.07. The molecule has 15 heavy (non-hydrogen) atoms. The molecule has 0 saturated carbocycles. The van der Waals surface area contributed by atoms with E-state index in [0.717, 1.165) is 0 Å². The van der Waals surface area contributed by atoms with E-state index >= 15 is 0 Å². The van der Waals surface area contributed by atoms with Gasteiger partial charge in [-0.3, -0.25) is 4.68 Å². The molecule has 2 aromatic heterocycles. The van der Waals surface area contributed by atoms with Crippen LogP contribution in [0.1, 0.15) is 16.2 Å². The van der Waals surface area contributed by atoms with Crippen molar-refractivity contribution < 1.29 is 14.4 Å². The molecule has 0 aliphatic heterocycles. The molecule has 0 atom stereocenters. The average molecular weight is 228 g/mol. The van der Waals surface area contributed by atoms with Crippen molar-refractivity contribution in [1.29, 1.82) is 0 Å². The topological polar surface area (TPSA) is 81.1 Å². The molecule has 0 saturated heterocycles. The van der Waals surface area contributed by atoms with Crippen molar-refractivity contribution in [3.8, 4) is 0 Å². The summed E-state index contributed by atoms with van der Waals surface area (Å²) in [5, 5.41) is 16.4. The molecule has 0 aliphatic carbocycles. The predicted molar refractivity (Wildman–Crippen MR) is 49.8 cm³/mol. The molecule has 0 radical (unpaired) electrons. The van der Waals surface area contributed by atoms with Gasteiger partial charge >= 0.3 is 5.97 Å². The minimum atomic E-state index is -1.12. The Hall–Kier alpha value is -1.82. The summed E-state index contributed by atoms with van der Waals surface area (Å²) in [6.07, 6.45) is 3.08. The van der Waals surface area contributed by atoms with Gasteiger partial charge in [-0.05, 0) is 0 Å². The number of halogens is 1. The van der Waals surface area contributed by atoms with E-state index in [9.17, 15) is 4.79 Å². The van der Waals surface area contributed by atoms with Gasteiger partial charge in [-0.25, -0.2) is 4.79 Å². The van der Waals surface area contributed by atoms with Gasteiger partial charge < -0.3 is 9.63 Å². The van der Waals surface area contributed by atoms with E-state index in [1.807, 2.05) is 0 Å². The van der Waals surface area contributed by atoms with Crippen LogP contribution < -0.4 is 0 Å². The molecule has 78 valence electrons. The quantitative estimate of drug-likeness (QED) is 0.854. The highest BCUT2D eigenvalue weighted by Gasteiger charge is 2.11. The van der Waals surface area contributed by atoms with Crippen molar-refractivity contribution in [1.82, 2.24) is 14.9 Å². The van der Waals surface area contributed by atoms with Gasteiger partial charge in [-0.1, -0.05) is 16.8 Å². The molecule has 6 nitrogen and oxygen atoms in total. The second-order valence-electron chi connectivity index (χ2n) is 2.84. The second-order valence-corrected chi connectivity index (χ2v) is 3.28. The van der Waals surface area contributed by atoms with Gasteiger partial charge in [0.15, 0.2) is 11.5 Å². The average Bonchev–Trinajstić information content (AvgIpc) is 2.76. The van der Waals surface area contributed by atoms with Gasteiger partial charge in [0.2, 0.25) is 0 Å². The summed E-state index contributed by atoms with van der Waals surface area (Å²) in [6, 6.07) is 1.35. The molecule has 0 bridgehead atoms. The number of carboxylic acids is 1. The molecule has 0 aromatic carbocycles. The number of hydrogen-bond donors (Lipinski definition) is 1. The Morgan fingerprint density at radius 3 is 3.00 bits per heavy atom. The lowest BCUT2D eigenvalue weighted by molar-refractivity contribution is 0.0685. The van der Waals surface area contributed by atoms with Crippen LogP contribution >= 0.6 is 11.6 Å². The smallest absolute Gasteiger partial charge is 0.358 e. The molecule has 2 aromatic rings. The van der Waals surface area contributed by atoms with Crippen LogP contribution in [0.15, 0.2) is 23.0 Å². The van der Waals surface area contributed by atoms with Gasteiger partial charge in [0.25, 0.3) is 0 Å². The lowest BCUT2D eigenvalue weighted by Gasteiger charge is -1.93. The minimum absolute atomic E-state index is 0.122. The molecular formula is C8H6ClN3O3. The van der Waals surface area contributed by atoms with E-state index in [2.05, 4.69) is 10.3 Å². The summed E-state index contributed by atoms with van der Waals surface area (Å²) in [4.78, 5) is 10.5. The van der Waals surface area contributed by atoms with E-state index in [4.69, 9.17) is 21.2 Å². The van der Waals surface area contributed by atoms with Crippen molar-refractivity contribution in [2.24, 2.45) is 0 Å². The SMILES string of the molecule is O=C(O)c1cc(Cn2cc(Cl)cn2)on1. The highest BCUT2D eigenvalue weighted by molar-refractivity contribution is 6.30. The molecule has 0 spiro atoms. The standard InChI is InChI=1S/C8H6ClN3O3/c9-5-2-10-12(3-5)4-6-1-7(8(13)14)11-15-6/h1-3H,4H2,(H,13,14). The van der Waals surface area contributed by atoms with E-state index < -0.39 is 5.97 Å². The number of carbonyl (C=O) groups is 1. The summed E-state index contributed by atoms with van der Waals surface area (Å²) in [5.41, 5.74) is -0.122. The van der Waals surface area contributed by atoms with Gasteiger partial charge in [0.05, 0.1) is 11.2 Å². The van der Waals surface area contributed by atoms with Crippen LogP contribution in [-0.4, -0.2) is 26.0 Å². The molecular weight excluding hydrogens is 222 g/mol. The molecule has 2 heterocycles. The van der Waals surface area contributed by atoms with Crippen LogP contribution in [0.25, 0.3) is 0 Å². The van der Waals surface area contributed by atoms with Crippen molar-refractivity contribution in [3.63, 3.8) is 0 Å². The Balaban J connectivity index is 2.14. The Morgan fingerprint density at radius 1 is 1.67 bits per heavy atom. The Bertz CT molecular complexity index is 491. The van der Waals surface area contributed by atoms with Gasteiger partial charge in [0.1, 0.15) is 6.54 Å². The maximum atomic E-state index is 10.5. The highest BCUT2D eigenvalue weighted by atomic mass is 35.5. The maximum absolute atomic E-state index is 10.5. The Morgan fingerprint density at radius 2 is 2.47 bits per heavy atom. The molecule has 0 unspecified atom stereocenters. The van der Waals surface area contributed by atoms with Crippen molar-refractivity contribution in [2.45, 2.75) is 6.54 Å². The van der Waals surface area contributed by atoms with Crippen LogP contribution in [0.2, 0.25) is 5.02 Å². The second kappa shape index (κ2) is 3.74. The molecule has 1 N–H and O–H groups in total. The van der Waals surface area contributed by atoms with Crippen molar-refractivity contribution >= 4 is 17.6 Å². The Kier molecular flexibility index (Phi) is 2.42. The number of rotatable bonds is 3. The van der Waals surface area contributed by atoms with E-state index in [0.29, 0.717) is 17.3 Å². The normalized spacial score (nSPS) is 10.5. The fraction of sp³-hybridized carbons (Fsp3) is 0.125. The summed E-state index contributed by atoms with van der Waals surface area (Å²) in [5.74, 6) is -0.712. The molecule has 2 rings (SSSR count). The minimum Gasteiger partial charge on any atom is -0.476 e. The number of aromatic carboxylic acids is 1. The summed E-state index contributed by atoms with van der Waals surface area (Å²) in [6.45, 7) is 0.299. The molecule has 7 heteroatoms. The molecule has 0 fully saturated rings. The largest absolute Gasteiger partial charge is 0.476 e. The third kappa shape index (κ3) is 2.16. The first-order valence-corrected chi connectivity index (χ1v) is 4.40. The lowest BCUT2D eigenvalue weighted by atomic mass is 10.3. The fourth-order valence-corrected chi connectivity index (χ4v) is 1.23. The monoisotopic (exact) mass is 227 g/mol. The van der Waals surface area contributed by atoms with Gasteiger partial charge in [0, 0.05) is 12.3 Å². The first-order valence-electron chi connectivity index (χ1n) is 4.02. The first kappa shape index (κ1) is 9.72. The third-order valence-corrected chi connectivity index (χ3v) is 1.89. The zero-order valence-corrected chi connectivity index (χ0v) is 8.18. The Labute approximate surface area is 89.0 Å². The van der Waals surface area contributed by atoms with Crippen LogP contribution in [0.5, 0.6) is 0 Å². The molecule has 0 aliphatic rings. The zero-order chi connectivity index (χ0) is 10.8. The summed E-state index contributed by atoms with van der Waals surface area (Å²) >= 11 is 5.66. The van der Waals surface area contributed by atoms with Crippen LogP contribution in [-0.2, 0) is 6.54 Å². The third-order valence-electron chi connectivity index (χ3n) is 1.70. The van der Waals surface area contributed by atoms with Crippen LogP contribution in [0.3, 0.4) is 0 Å². The number of carboxylic acid groups (broad SMARTS) is 1. The zero-order valence-electron chi connectivity index (χ0n) is 7.42. The highest BCUT2D eigenvalue weighted by Crippen LogP contribution is 2.09. The van der Waals surface area contributed by atoms with Crippen LogP contribution in [0.4, 0.5) is 0 Å². The van der Waals surface area contributed by atoms with Gasteiger partial charge in [-0.15, -0.1) is 0 Å². The van der Waals surface area contributed by atoms with E-state index in [1.165, 1.54) is 16.9 Å².